The molecule has 1 heterocycles. The molecule has 2 aromatic rings. The molecule has 0 saturated heterocycles. The quantitative estimate of drug-likeness (QED) is 0.814. The van der Waals surface area contributed by atoms with Crippen LogP contribution < -0.4 is 4.90 Å². The molecule has 1 aromatic carbocycles. The Morgan fingerprint density at radius 1 is 1.18 bits per heavy atom. The molecule has 2 rings (SSSR count). The summed E-state index contributed by atoms with van der Waals surface area (Å²) in [7, 11) is 3.92. The SMILES string of the molecule is CN(C)c1ccc(C(=O)c2occc2Br)cc1. The van der Waals surface area contributed by atoms with Crippen molar-refractivity contribution in [3.63, 3.8) is 0 Å². The van der Waals surface area contributed by atoms with Crippen LogP contribution in [0.25, 0.3) is 0 Å². The highest BCUT2D eigenvalue weighted by atomic mass is 79.9. The average molecular weight is 294 g/mol. The van der Waals surface area contributed by atoms with Crippen molar-refractivity contribution in [3.05, 3.63) is 52.4 Å². The maximum absolute atomic E-state index is 12.1. The minimum absolute atomic E-state index is 0.118. The number of nitrogens with zero attached hydrogens (tertiary/aromatic N) is 1. The predicted molar refractivity (Wildman–Crippen MR) is 70.6 cm³/mol. The van der Waals surface area contributed by atoms with Gasteiger partial charge >= 0.3 is 0 Å². The zero-order valence-corrected chi connectivity index (χ0v) is 11.2. The lowest BCUT2D eigenvalue weighted by atomic mass is 10.1. The number of furan rings is 1. The fraction of sp³-hybridized carbons (Fsp3) is 0.154. The van der Waals surface area contributed by atoms with E-state index in [0.717, 1.165) is 5.69 Å². The van der Waals surface area contributed by atoms with E-state index in [4.69, 9.17) is 4.42 Å². The van der Waals surface area contributed by atoms with E-state index in [9.17, 15) is 4.79 Å². The number of ketones is 1. The molecular formula is C13H12BrNO2. The minimum atomic E-state index is -0.118. The molecule has 0 amide bonds. The van der Waals surface area contributed by atoms with Crippen molar-refractivity contribution in [3.8, 4) is 0 Å². The first-order valence-corrected chi connectivity index (χ1v) is 5.94. The molecular weight excluding hydrogens is 282 g/mol. The van der Waals surface area contributed by atoms with Gasteiger partial charge in [-0.1, -0.05) is 0 Å². The van der Waals surface area contributed by atoms with Gasteiger partial charge in [-0.25, -0.2) is 0 Å². The average Bonchev–Trinajstić information content (AvgIpc) is 2.74. The molecule has 17 heavy (non-hydrogen) atoms. The zero-order chi connectivity index (χ0) is 12.4. The van der Waals surface area contributed by atoms with Crippen LogP contribution in [0.5, 0.6) is 0 Å². The minimum Gasteiger partial charge on any atom is -0.460 e. The Bertz CT molecular complexity index is 529. The van der Waals surface area contributed by atoms with Crippen molar-refractivity contribution >= 4 is 27.4 Å². The summed E-state index contributed by atoms with van der Waals surface area (Å²) in [4.78, 5) is 14.1. The van der Waals surface area contributed by atoms with Crippen LogP contribution in [-0.2, 0) is 0 Å². The van der Waals surface area contributed by atoms with Crippen LogP contribution in [0.2, 0.25) is 0 Å². The molecule has 0 atom stereocenters. The van der Waals surface area contributed by atoms with Crippen molar-refractivity contribution in [2.75, 3.05) is 19.0 Å². The predicted octanol–water partition coefficient (Wildman–Crippen LogP) is 3.34. The molecule has 0 bridgehead atoms. The van der Waals surface area contributed by atoms with Crippen molar-refractivity contribution in [2.45, 2.75) is 0 Å². The van der Waals surface area contributed by atoms with Gasteiger partial charge in [-0.2, -0.15) is 0 Å². The Kier molecular flexibility index (Phi) is 3.33. The van der Waals surface area contributed by atoms with E-state index in [2.05, 4.69) is 15.9 Å². The number of hydrogen-bond acceptors (Lipinski definition) is 3. The van der Waals surface area contributed by atoms with E-state index in [0.29, 0.717) is 15.8 Å². The number of halogens is 1. The van der Waals surface area contributed by atoms with Gasteiger partial charge in [0.05, 0.1) is 10.7 Å². The van der Waals surface area contributed by atoms with Crippen LogP contribution in [-0.4, -0.2) is 19.9 Å². The van der Waals surface area contributed by atoms with Crippen LogP contribution in [0, 0.1) is 0 Å². The van der Waals surface area contributed by atoms with E-state index in [1.54, 1.807) is 18.2 Å². The molecule has 88 valence electrons. The van der Waals surface area contributed by atoms with Gasteiger partial charge in [-0.3, -0.25) is 4.79 Å². The van der Waals surface area contributed by atoms with E-state index in [1.807, 2.05) is 31.1 Å². The van der Waals surface area contributed by atoms with Crippen LogP contribution in [0.3, 0.4) is 0 Å². The van der Waals surface area contributed by atoms with E-state index in [1.165, 1.54) is 6.26 Å². The third-order valence-corrected chi connectivity index (χ3v) is 3.09. The van der Waals surface area contributed by atoms with Crippen LogP contribution >= 0.6 is 15.9 Å². The summed E-state index contributed by atoms with van der Waals surface area (Å²) in [6.45, 7) is 0. The molecule has 0 spiro atoms. The molecule has 0 aliphatic rings. The molecule has 0 fully saturated rings. The fourth-order valence-electron chi connectivity index (χ4n) is 1.50. The number of rotatable bonds is 3. The molecule has 0 aliphatic carbocycles. The second-order valence-electron chi connectivity index (χ2n) is 3.87. The van der Waals surface area contributed by atoms with Crippen LogP contribution in [0.4, 0.5) is 5.69 Å². The van der Waals surface area contributed by atoms with Crippen LogP contribution in [0.1, 0.15) is 16.1 Å². The standard InChI is InChI=1S/C13H12BrNO2/c1-15(2)10-5-3-9(4-6-10)12(16)13-11(14)7-8-17-13/h3-8H,1-2H3. The third-order valence-electron chi connectivity index (χ3n) is 2.47. The topological polar surface area (TPSA) is 33.5 Å². The Morgan fingerprint density at radius 2 is 1.82 bits per heavy atom. The van der Waals surface area contributed by atoms with Gasteiger partial charge < -0.3 is 9.32 Å². The maximum atomic E-state index is 12.1. The summed E-state index contributed by atoms with van der Waals surface area (Å²) in [6.07, 6.45) is 1.49. The van der Waals surface area contributed by atoms with Gasteiger partial charge in [-0.15, -0.1) is 0 Å². The number of carbonyl (C=O) groups is 1. The number of benzene rings is 1. The van der Waals surface area contributed by atoms with Crippen molar-refractivity contribution in [2.24, 2.45) is 0 Å². The largest absolute Gasteiger partial charge is 0.460 e. The van der Waals surface area contributed by atoms with Gasteiger partial charge in [0.15, 0.2) is 5.76 Å². The molecule has 4 heteroatoms. The monoisotopic (exact) mass is 293 g/mol. The zero-order valence-electron chi connectivity index (χ0n) is 9.61. The van der Waals surface area contributed by atoms with E-state index in [-0.39, 0.29) is 5.78 Å². The summed E-state index contributed by atoms with van der Waals surface area (Å²) in [5.74, 6) is 0.217. The Hall–Kier alpha value is -1.55. The normalized spacial score (nSPS) is 10.3. The molecule has 0 saturated carbocycles. The lowest BCUT2D eigenvalue weighted by Gasteiger charge is -2.12. The highest BCUT2D eigenvalue weighted by Gasteiger charge is 2.15. The highest BCUT2D eigenvalue weighted by Crippen LogP contribution is 2.22. The van der Waals surface area contributed by atoms with Gasteiger partial charge in [0.1, 0.15) is 0 Å². The maximum Gasteiger partial charge on any atom is 0.229 e. The van der Waals surface area contributed by atoms with Gasteiger partial charge in [0.25, 0.3) is 0 Å². The summed E-state index contributed by atoms with van der Waals surface area (Å²) >= 11 is 3.28. The number of anilines is 1. The van der Waals surface area contributed by atoms with Crippen molar-refractivity contribution < 1.29 is 9.21 Å². The molecule has 3 nitrogen and oxygen atoms in total. The lowest BCUT2D eigenvalue weighted by molar-refractivity contribution is 0.101. The molecule has 0 radical (unpaired) electrons. The molecule has 1 aromatic heterocycles. The number of carbonyl (C=O) groups excluding carboxylic acids is 1. The molecule has 0 unspecified atom stereocenters. The molecule has 0 aliphatic heterocycles. The Balaban J connectivity index is 2.29. The first-order valence-electron chi connectivity index (χ1n) is 5.14. The first-order chi connectivity index (χ1) is 8.09. The van der Waals surface area contributed by atoms with Crippen molar-refractivity contribution in [1.29, 1.82) is 0 Å². The third kappa shape index (κ3) is 2.42. The smallest absolute Gasteiger partial charge is 0.229 e. The van der Waals surface area contributed by atoms with Gasteiger partial charge in [-0.05, 0) is 46.3 Å². The summed E-state index contributed by atoms with van der Waals surface area (Å²) < 4.78 is 5.83. The van der Waals surface area contributed by atoms with E-state index >= 15 is 0 Å². The lowest BCUT2D eigenvalue weighted by Crippen LogP contribution is -2.09. The first kappa shape index (κ1) is 11.9. The summed E-state index contributed by atoms with van der Waals surface area (Å²) in [5.41, 5.74) is 1.67. The highest BCUT2D eigenvalue weighted by molar-refractivity contribution is 9.10. The second-order valence-corrected chi connectivity index (χ2v) is 4.72. The van der Waals surface area contributed by atoms with Crippen LogP contribution in [0.15, 0.2) is 45.5 Å². The van der Waals surface area contributed by atoms with E-state index < -0.39 is 0 Å². The Labute approximate surface area is 108 Å². The fourth-order valence-corrected chi connectivity index (χ4v) is 1.88. The van der Waals surface area contributed by atoms with Gasteiger partial charge in [0, 0.05) is 25.3 Å². The Morgan fingerprint density at radius 3 is 2.29 bits per heavy atom. The second kappa shape index (κ2) is 4.75. The van der Waals surface area contributed by atoms with Gasteiger partial charge in [0.2, 0.25) is 5.78 Å². The summed E-state index contributed by atoms with van der Waals surface area (Å²) in [5, 5.41) is 0. The van der Waals surface area contributed by atoms with Crippen molar-refractivity contribution in [1.82, 2.24) is 0 Å². The molecule has 0 N–H and O–H groups in total. The number of hydrogen-bond donors (Lipinski definition) is 0. The summed E-state index contributed by atoms with van der Waals surface area (Å²) in [6, 6.07) is 9.12.